The van der Waals surface area contributed by atoms with Crippen LogP contribution in [0.15, 0.2) is 83.2 Å². The van der Waals surface area contributed by atoms with Gasteiger partial charge in [0.2, 0.25) is 17.7 Å². The lowest BCUT2D eigenvalue weighted by Crippen LogP contribution is -2.59. The molecule has 0 heterocycles. The molecule has 3 rings (SSSR count). The zero-order chi connectivity index (χ0) is 45.7. The molecule has 0 aliphatic heterocycles. The van der Waals surface area contributed by atoms with E-state index in [9.17, 15) is 37.2 Å². The van der Waals surface area contributed by atoms with Crippen LogP contribution >= 0.6 is 11.6 Å². The molecule has 61 heavy (non-hydrogen) atoms. The summed E-state index contributed by atoms with van der Waals surface area (Å²) in [4.78, 5) is 81.4. The summed E-state index contributed by atoms with van der Waals surface area (Å²) in [6.07, 6.45) is -0.355. The van der Waals surface area contributed by atoms with Crippen LogP contribution in [0, 0.1) is 5.92 Å². The van der Waals surface area contributed by atoms with Gasteiger partial charge in [-0.2, -0.15) is 0 Å². The van der Waals surface area contributed by atoms with Crippen molar-refractivity contribution in [3.05, 3.63) is 94.4 Å². The SMILES string of the molecule is CC(C)[C@H](NC(=O)[C@H](Cc1cccc2ccccc12)NC(=O)[C@H](CC(=O)OC(C)(C)C)NC(=O)OCc1ccccc1)C(=O)N[C@H](/C=C(\Cl)S(C)(=O)=O)CC(=O)OC(C)(C)C. The van der Waals surface area contributed by atoms with E-state index in [-0.39, 0.29) is 13.0 Å². The lowest BCUT2D eigenvalue weighted by molar-refractivity contribution is -0.157. The summed E-state index contributed by atoms with van der Waals surface area (Å²) in [5.74, 6) is -4.69. The maximum Gasteiger partial charge on any atom is 0.408 e. The number of sulfone groups is 1. The van der Waals surface area contributed by atoms with E-state index in [1.165, 1.54) is 0 Å². The van der Waals surface area contributed by atoms with Crippen molar-refractivity contribution in [1.82, 2.24) is 21.3 Å². The maximum atomic E-state index is 14.4. The second-order valence-corrected chi connectivity index (χ2v) is 19.4. The summed E-state index contributed by atoms with van der Waals surface area (Å²) in [6, 6.07) is 16.1. The van der Waals surface area contributed by atoms with E-state index < -0.39 is 104 Å². The smallest absolute Gasteiger partial charge is 0.408 e. The number of hydrogen-bond donors (Lipinski definition) is 4. The number of halogens is 1. The number of rotatable bonds is 18. The average molecular weight is 885 g/mol. The van der Waals surface area contributed by atoms with E-state index in [0.717, 1.165) is 23.1 Å². The van der Waals surface area contributed by atoms with Gasteiger partial charge in [0.15, 0.2) is 9.84 Å². The molecule has 332 valence electrons. The summed E-state index contributed by atoms with van der Waals surface area (Å²) < 4.78 is 39.9. The summed E-state index contributed by atoms with van der Waals surface area (Å²) in [5, 5.41) is 12.0. The van der Waals surface area contributed by atoms with Crippen LogP contribution in [0.4, 0.5) is 4.79 Å². The van der Waals surface area contributed by atoms with Crippen LogP contribution in [0.2, 0.25) is 0 Å². The first-order valence-electron chi connectivity index (χ1n) is 19.7. The van der Waals surface area contributed by atoms with E-state index in [0.29, 0.717) is 11.1 Å². The fraction of sp³-hybridized carbons (Fsp3) is 0.455. The molecule has 0 fully saturated rings. The van der Waals surface area contributed by atoms with Crippen molar-refractivity contribution in [3.63, 3.8) is 0 Å². The number of carbonyl (C=O) groups is 6. The normalized spacial score (nSPS) is 14.2. The topological polar surface area (TPSA) is 212 Å². The Morgan fingerprint density at radius 1 is 0.689 bits per heavy atom. The Bertz CT molecular complexity index is 2180. The first-order valence-corrected chi connectivity index (χ1v) is 21.9. The Labute approximate surface area is 362 Å². The van der Waals surface area contributed by atoms with Gasteiger partial charge in [0.25, 0.3) is 0 Å². The van der Waals surface area contributed by atoms with Gasteiger partial charge in [-0.15, -0.1) is 0 Å². The summed E-state index contributed by atoms with van der Waals surface area (Å²) in [5.41, 5.74) is -0.488. The molecule has 0 bridgehead atoms. The number of esters is 2. The van der Waals surface area contributed by atoms with Crippen molar-refractivity contribution >= 4 is 68.0 Å². The second kappa shape index (κ2) is 21.9. The summed E-state index contributed by atoms with van der Waals surface area (Å²) in [7, 11) is -3.93. The molecule has 15 nitrogen and oxygen atoms in total. The van der Waals surface area contributed by atoms with Gasteiger partial charge < -0.3 is 35.5 Å². The predicted octanol–water partition coefficient (Wildman–Crippen LogP) is 5.38. The third kappa shape index (κ3) is 17.6. The monoisotopic (exact) mass is 884 g/mol. The Morgan fingerprint density at radius 3 is 1.84 bits per heavy atom. The highest BCUT2D eigenvalue weighted by Crippen LogP contribution is 2.21. The van der Waals surface area contributed by atoms with Gasteiger partial charge >= 0.3 is 18.0 Å². The number of alkyl carbamates (subject to hydrolysis) is 1. The van der Waals surface area contributed by atoms with Crippen molar-refractivity contribution in [2.45, 2.75) is 117 Å². The van der Waals surface area contributed by atoms with Crippen molar-refractivity contribution in [3.8, 4) is 0 Å². The predicted molar refractivity (Wildman–Crippen MR) is 232 cm³/mol. The quantitative estimate of drug-likeness (QED) is 0.0942. The number of carbonyl (C=O) groups excluding carboxylic acids is 6. The van der Waals surface area contributed by atoms with E-state index in [1.807, 2.05) is 30.3 Å². The van der Waals surface area contributed by atoms with Crippen LogP contribution in [-0.2, 0) is 61.0 Å². The Hall–Kier alpha value is -5.48. The molecule has 4 N–H and O–H groups in total. The van der Waals surface area contributed by atoms with Crippen LogP contribution < -0.4 is 21.3 Å². The molecule has 0 saturated heterocycles. The Morgan fingerprint density at radius 2 is 1.25 bits per heavy atom. The molecule has 0 aliphatic carbocycles. The minimum absolute atomic E-state index is 0.100. The lowest BCUT2D eigenvalue weighted by Gasteiger charge is -2.28. The fourth-order valence-electron chi connectivity index (χ4n) is 5.90. The highest BCUT2D eigenvalue weighted by molar-refractivity contribution is 7.96. The Balaban J connectivity index is 1.98. The van der Waals surface area contributed by atoms with Crippen LogP contribution in [0.3, 0.4) is 0 Å². The van der Waals surface area contributed by atoms with E-state index >= 15 is 0 Å². The van der Waals surface area contributed by atoms with Gasteiger partial charge in [-0.05, 0) is 75.4 Å². The van der Waals surface area contributed by atoms with Crippen molar-refractivity contribution in [2.24, 2.45) is 5.92 Å². The summed E-state index contributed by atoms with van der Waals surface area (Å²) >= 11 is 6.05. The lowest BCUT2D eigenvalue weighted by atomic mass is 9.97. The zero-order valence-electron chi connectivity index (χ0n) is 36.0. The number of amides is 4. The number of fused-ring (bicyclic) bond motifs is 1. The van der Waals surface area contributed by atoms with Crippen LogP contribution in [-0.4, -0.2) is 85.8 Å². The van der Waals surface area contributed by atoms with Crippen LogP contribution in [0.5, 0.6) is 0 Å². The molecule has 3 aromatic carbocycles. The largest absolute Gasteiger partial charge is 0.460 e. The number of ether oxygens (including phenoxy) is 3. The first kappa shape index (κ1) is 49.9. The second-order valence-electron chi connectivity index (χ2n) is 16.8. The highest BCUT2D eigenvalue weighted by atomic mass is 35.5. The minimum atomic E-state index is -3.93. The molecule has 4 atom stereocenters. The van der Waals surface area contributed by atoms with Crippen molar-refractivity contribution in [1.29, 1.82) is 0 Å². The number of nitrogens with one attached hydrogen (secondary N) is 4. The third-order valence-electron chi connectivity index (χ3n) is 8.62. The van der Waals surface area contributed by atoms with Crippen molar-refractivity contribution < 1.29 is 51.4 Å². The molecular formula is C44H57ClN4O11S. The molecule has 0 spiro atoms. The summed E-state index contributed by atoms with van der Waals surface area (Å²) in [6.45, 7) is 13.0. The molecular weight excluding hydrogens is 828 g/mol. The van der Waals surface area contributed by atoms with Gasteiger partial charge in [0.1, 0.15) is 40.3 Å². The van der Waals surface area contributed by atoms with Gasteiger partial charge in [-0.25, -0.2) is 13.2 Å². The van der Waals surface area contributed by atoms with E-state index in [4.69, 9.17) is 25.8 Å². The maximum absolute atomic E-state index is 14.4. The molecule has 0 aromatic heterocycles. The third-order valence-corrected chi connectivity index (χ3v) is 10.4. The van der Waals surface area contributed by atoms with Gasteiger partial charge in [0, 0.05) is 12.7 Å². The molecule has 0 saturated carbocycles. The first-order chi connectivity index (χ1) is 28.3. The zero-order valence-corrected chi connectivity index (χ0v) is 37.6. The molecule has 4 amide bonds. The number of hydrogen-bond acceptors (Lipinski definition) is 11. The standard InChI is InChI=1S/C44H57ClN4O11S/c1-27(2)38(41(54)46-31(23-35(45)61(9,56)57)24-36(50)59-43(3,4)5)49-40(53)33(22-30-20-15-19-29-18-13-14-21-32(29)30)47-39(52)34(25-37(51)60-44(6,7)8)48-42(55)58-26-28-16-11-10-12-17-28/h10-21,23,27,31,33-34,38H,22,24-26H2,1-9H3,(H,46,54)(H,47,52)(H,48,55)(H,49,53)/b35-23+/t31-,33+,34+,38+/m1/s1. The van der Waals surface area contributed by atoms with E-state index in [2.05, 4.69) is 21.3 Å². The Kier molecular flexibility index (Phi) is 17.9. The fourth-order valence-corrected chi connectivity index (χ4v) is 6.46. The van der Waals surface area contributed by atoms with Gasteiger partial charge in [-0.1, -0.05) is 98.2 Å². The minimum Gasteiger partial charge on any atom is -0.460 e. The van der Waals surface area contributed by atoms with Crippen LogP contribution in [0.25, 0.3) is 10.8 Å². The molecule has 17 heteroatoms. The van der Waals surface area contributed by atoms with Gasteiger partial charge in [-0.3, -0.25) is 24.0 Å². The van der Waals surface area contributed by atoms with E-state index in [1.54, 1.807) is 97.9 Å². The molecule has 0 aliphatic rings. The average Bonchev–Trinajstić information content (AvgIpc) is 3.13. The van der Waals surface area contributed by atoms with Crippen molar-refractivity contribution in [2.75, 3.05) is 6.26 Å². The van der Waals surface area contributed by atoms with Gasteiger partial charge in [0.05, 0.1) is 18.9 Å². The van der Waals surface area contributed by atoms with Crippen LogP contribution in [0.1, 0.15) is 79.4 Å². The highest BCUT2D eigenvalue weighted by Gasteiger charge is 2.34. The number of benzene rings is 3. The molecule has 0 unspecified atom stereocenters. The molecule has 0 radical (unpaired) electrons. The molecule has 3 aromatic rings.